The van der Waals surface area contributed by atoms with Crippen LogP contribution >= 0.6 is 11.6 Å². The fraction of sp³-hybridized carbons (Fsp3) is 0.200. The topological polar surface area (TPSA) is 72.2 Å². The Hall–Kier alpha value is -1.55. The minimum atomic E-state index is -0.477. The van der Waals surface area contributed by atoms with Crippen molar-refractivity contribution in [3.8, 4) is 0 Å². The molecule has 0 aromatic heterocycles. The Labute approximate surface area is 92.4 Å². The van der Waals surface area contributed by atoms with Crippen LogP contribution in [-0.4, -0.2) is 12.3 Å². The molecule has 0 aliphatic heterocycles. The second kappa shape index (κ2) is 5.36. The van der Waals surface area contributed by atoms with Crippen molar-refractivity contribution in [3.63, 3.8) is 0 Å². The molecule has 1 aromatic carbocycles. The van der Waals surface area contributed by atoms with Gasteiger partial charge < -0.3 is 11.1 Å². The summed E-state index contributed by atoms with van der Waals surface area (Å²) in [6.07, 6.45) is 0.591. The van der Waals surface area contributed by atoms with Gasteiger partial charge in [-0.1, -0.05) is 23.7 Å². The zero-order valence-electron chi connectivity index (χ0n) is 7.94. The predicted molar refractivity (Wildman–Crippen MR) is 57.2 cm³/mol. The minimum absolute atomic E-state index is 0.0546. The van der Waals surface area contributed by atoms with Gasteiger partial charge in [0.15, 0.2) is 0 Å². The van der Waals surface area contributed by atoms with Crippen LogP contribution in [0.5, 0.6) is 0 Å². The van der Waals surface area contributed by atoms with Crippen molar-refractivity contribution in [1.82, 2.24) is 5.32 Å². The summed E-state index contributed by atoms with van der Waals surface area (Å²) in [5.74, 6) is -0.477. The monoisotopic (exact) mass is 226 g/mol. The van der Waals surface area contributed by atoms with E-state index in [4.69, 9.17) is 17.3 Å². The number of rotatable bonds is 5. The molecule has 0 saturated carbocycles. The van der Waals surface area contributed by atoms with Crippen molar-refractivity contribution in [2.75, 3.05) is 0 Å². The molecule has 2 amide bonds. The summed E-state index contributed by atoms with van der Waals surface area (Å²) in [6.45, 7) is 0. The van der Waals surface area contributed by atoms with Crippen LogP contribution in [0, 0.1) is 0 Å². The van der Waals surface area contributed by atoms with Crippen molar-refractivity contribution in [3.05, 3.63) is 34.9 Å². The van der Waals surface area contributed by atoms with E-state index in [1.807, 2.05) is 0 Å². The number of amides is 2. The van der Waals surface area contributed by atoms with Gasteiger partial charge in [-0.25, -0.2) is 0 Å². The summed E-state index contributed by atoms with van der Waals surface area (Å²) in [4.78, 5) is 21.1. The first-order valence-corrected chi connectivity index (χ1v) is 4.74. The Morgan fingerprint density at radius 2 is 2.33 bits per heavy atom. The molecule has 15 heavy (non-hydrogen) atoms. The van der Waals surface area contributed by atoms with E-state index >= 15 is 0 Å². The quantitative estimate of drug-likeness (QED) is 0.736. The number of carbonyl (C=O) groups excluding carboxylic acids is 2. The normalized spacial score (nSPS) is 11.8. The molecule has 0 saturated heterocycles. The molecule has 3 N–H and O–H groups in total. The molecule has 0 fully saturated rings. The van der Waals surface area contributed by atoms with E-state index in [0.29, 0.717) is 11.4 Å². The van der Waals surface area contributed by atoms with Gasteiger partial charge in [0.1, 0.15) is 0 Å². The maximum atomic E-state index is 10.8. The highest BCUT2D eigenvalue weighted by Crippen LogP contribution is 2.19. The highest BCUT2D eigenvalue weighted by molar-refractivity contribution is 6.30. The summed E-state index contributed by atoms with van der Waals surface area (Å²) < 4.78 is 0. The number of carbonyl (C=O) groups is 2. The Bertz CT molecular complexity index is 368. The van der Waals surface area contributed by atoms with E-state index in [-0.39, 0.29) is 6.42 Å². The van der Waals surface area contributed by atoms with Crippen LogP contribution in [0.25, 0.3) is 0 Å². The van der Waals surface area contributed by atoms with E-state index in [0.717, 1.165) is 5.56 Å². The first kappa shape index (κ1) is 11.5. The number of nitrogens with two attached hydrogens (primary N) is 1. The van der Waals surface area contributed by atoms with Crippen molar-refractivity contribution in [1.29, 1.82) is 0 Å². The molecular formula is C10H11ClN2O2. The zero-order chi connectivity index (χ0) is 11.3. The van der Waals surface area contributed by atoms with Crippen LogP contribution in [-0.2, 0) is 9.59 Å². The molecule has 1 unspecified atom stereocenters. The molecule has 0 spiro atoms. The highest BCUT2D eigenvalue weighted by Gasteiger charge is 2.13. The van der Waals surface area contributed by atoms with Gasteiger partial charge >= 0.3 is 0 Å². The second-order valence-electron chi connectivity index (χ2n) is 3.06. The predicted octanol–water partition coefficient (Wildman–Crippen LogP) is 1.00. The van der Waals surface area contributed by atoms with Crippen LogP contribution in [0.4, 0.5) is 0 Å². The fourth-order valence-corrected chi connectivity index (χ4v) is 1.48. The molecule has 0 aliphatic carbocycles. The first-order valence-electron chi connectivity index (χ1n) is 4.37. The molecule has 0 bridgehead atoms. The maximum Gasteiger partial charge on any atom is 0.219 e. The van der Waals surface area contributed by atoms with Crippen LogP contribution in [0.15, 0.2) is 24.3 Å². The van der Waals surface area contributed by atoms with Gasteiger partial charge in [-0.2, -0.15) is 0 Å². The van der Waals surface area contributed by atoms with E-state index in [1.165, 1.54) is 0 Å². The average molecular weight is 227 g/mol. The number of primary amides is 1. The standard InChI is InChI=1S/C10H11ClN2O2/c11-8-3-1-2-7(4-8)9(13-6-14)5-10(12)15/h1-4,6,9H,5H2,(H2,12,15)(H,13,14). The van der Waals surface area contributed by atoms with Crippen LogP contribution < -0.4 is 11.1 Å². The van der Waals surface area contributed by atoms with Gasteiger partial charge in [-0.05, 0) is 17.7 Å². The Morgan fingerprint density at radius 1 is 1.60 bits per heavy atom. The summed E-state index contributed by atoms with van der Waals surface area (Å²) >= 11 is 5.79. The lowest BCUT2D eigenvalue weighted by molar-refractivity contribution is -0.118. The smallest absolute Gasteiger partial charge is 0.219 e. The summed E-state index contributed by atoms with van der Waals surface area (Å²) in [7, 11) is 0. The van der Waals surface area contributed by atoms with Gasteiger partial charge in [-0.15, -0.1) is 0 Å². The lowest BCUT2D eigenvalue weighted by atomic mass is 10.0. The van der Waals surface area contributed by atoms with Gasteiger partial charge in [0.05, 0.1) is 12.5 Å². The number of hydrogen-bond acceptors (Lipinski definition) is 2. The first-order chi connectivity index (χ1) is 7.13. The van der Waals surface area contributed by atoms with Crippen molar-refractivity contribution >= 4 is 23.9 Å². The molecule has 4 nitrogen and oxygen atoms in total. The Kier molecular flexibility index (Phi) is 4.12. The Balaban J connectivity index is 2.87. The van der Waals surface area contributed by atoms with Crippen molar-refractivity contribution in [2.45, 2.75) is 12.5 Å². The minimum Gasteiger partial charge on any atom is -0.370 e. The van der Waals surface area contributed by atoms with Crippen LogP contribution in [0.3, 0.4) is 0 Å². The summed E-state index contributed by atoms with van der Waals surface area (Å²) in [5.41, 5.74) is 5.83. The van der Waals surface area contributed by atoms with Crippen LogP contribution in [0.2, 0.25) is 5.02 Å². The molecule has 0 aliphatic rings. The van der Waals surface area contributed by atoms with Crippen molar-refractivity contribution < 1.29 is 9.59 Å². The number of hydrogen-bond donors (Lipinski definition) is 2. The maximum absolute atomic E-state index is 10.8. The molecule has 0 heterocycles. The second-order valence-corrected chi connectivity index (χ2v) is 3.50. The van der Waals surface area contributed by atoms with E-state index < -0.39 is 11.9 Å². The molecule has 1 atom stereocenters. The van der Waals surface area contributed by atoms with Gasteiger partial charge in [0.2, 0.25) is 12.3 Å². The lowest BCUT2D eigenvalue weighted by Gasteiger charge is -2.14. The third-order valence-electron chi connectivity index (χ3n) is 1.93. The van der Waals surface area contributed by atoms with E-state index in [2.05, 4.69) is 5.32 Å². The third-order valence-corrected chi connectivity index (χ3v) is 2.16. The number of nitrogens with one attached hydrogen (secondary N) is 1. The molecule has 80 valence electrons. The van der Waals surface area contributed by atoms with Gasteiger partial charge in [-0.3, -0.25) is 9.59 Å². The SMILES string of the molecule is NC(=O)CC(NC=O)c1cccc(Cl)c1. The summed E-state index contributed by atoms with van der Waals surface area (Å²) in [6, 6.07) is 6.51. The summed E-state index contributed by atoms with van der Waals surface area (Å²) in [5, 5.41) is 3.07. The van der Waals surface area contributed by atoms with Crippen molar-refractivity contribution in [2.24, 2.45) is 5.73 Å². The molecule has 5 heteroatoms. The van der Waals surface area contributed by atoms with Gasteiger partial charge in [0.25, 0.3) is 0 Å². The molecule has 1 aromatic rings. The van der Waals surface area contributed by atoms with E-state index in [9.17, 15) is 9.59 Å². The highest BCUT2D eigenvalue weighted by atomic mass is 35.5. The average Bonchev–Trinajstić information content (AvgIpc) is 2.16. The zero-order valence-corrected chi connectivity index (χ0v) is 8.70. The molecule has 0 radical (unpaired) electrons. The molecular weight excluding hydrogens is 216 g/mol. The number of halogens is 1. The number of benzene rings is 1. The largest absolute Gasteiger partial charge is 0.370 e. The Morgan fingerprint density at radius 3 is 2.87 bits per heavy atom. The van der Waals surface area contributed by atoms with Gasteiger partial charge in [0, 0.05) is 5.02 Å². The van der Waals surface area contributed by atoms with Crippen LogP contribution in [0.1, 0.15) is 18.0 Å². The third kappa shape index (κ3) is 3.59. The van der Waals surface area contributed by atoms with E-state index in [1.54, 1.807) is 24.3 Å². The fourth-order valence-electron chi connectivity index (χ4n) is 1.28. The molecule has 1 rings (SSSR count). The lowest BCUT2D eigenvalue weighted by Crippen LogP contribution is -2.25.